The molecule has 1 amide bonds. The zero-order valence-corrected chi connectivity index (χ0v) is 25.4. The molecule has 0 unspecified atom stereocenters. The van der Waals surface area contributed by atoms with Crippen LogP contribution in [0.2, 0.25) is 0 Å². The zero-order valence-electron chi connectivity index (χ0n) is 22.1. The van der Waals surface area contributed by atoms with Gasteiger partial charge in [0.15, 0.2) is 4.75 Å². The van der Waals surface area contributed by atoms with Gasteiger partial charge in [-0.15, -0.1) is 24.8 Å². The number of benzene rings is 1. The Morgan fingerprint density at radius 3 is 2.12 bits per heavy atom. The lowest BCUT2D eigenvalue weighted by molar-refractivity contribution is -0.133. The van der Waals surface area contributed by atoms with E-state index in [-0.39, 0.29) is 68.9 Å². The number of carbonyl (C=O) groups is 1. The summed E-state index contributed by atoms with van der Waals surface area (Å²) in [5.41, 5.74) is 2.44. The van der Waals surface area contributed by atoms with Crippen molar-refractivity contribution < 1.29 is 36.0 Å². The van der Waals surface area contributed by atoms with Gasteiger partial charge in [0.05, 0.1) is 12.9 Å². The minimum absolute atomic E-state index is 0. The lowest BCUT2D eigenvalue weighted by atomic mass is 9.96. The number of nitrogens with one attached hydrogen (secondary N) is 1. The Labute approximate surface area is 247 Å². The number of amides is 1. The Morgan fingerprint density at radius 1 is 0.975 bits per heavy atom. The van der Waals surface area contributed by atoms with Gasteiger partial charge < -0.3 is 14.1 Å². The van der Waals surface area contributed by atoms with E-state index >= 15 is 0 Å². The second-order valence-corrected chi connectivity index (χ2v) is 13.5. The van der Waals surface area contributed by atoms with E-state index in [0.29, 0.717) is 19.7 Å². The smallest absolute Gasteiger partial charge is 0.276 e. The fourth-order valence-electron chi connectivity index (χ4n) is 4.85. The number of piperazine rings is 1. The standard InChI is InChI=1S/C24H34N4O8S2.2ClH/c1-2-3-18-35-21-8-6-20(7-9-21)26-14-16-28(17-15-26)38(33,34)24(23(29)25-30)10-12-27(13-11-24)37(31,32)22-5-4-19-36-22;;/h4-9,19,30H,2-3,10-18H2,1H3,(H,25,29);2*1H. The van der Waals surface area contributed by atoms with Crippen LogP contribution < -0.4 is 15.1 Å². The number of carbonyl (C=O) groups excluding carboxylic acids is 1. The predicted molar refractivity (Wildman–Crippen MR) is 153 cm³/mol. The summed E-state index contributed by atoms with van der Waals surface area (Å²) < 4.78 is 64.3. The van der Waals surface area contributed by atoms with Crippen molar-refractivity contribution in [2.45, 2.75) is 42.4 Å². The summed E-state index contributed by atoms with van der Waals surface area (Å²) in [4.78, 5) is 14.9. The van der Waals surface area contributed by atoms with E-state index in [2.05, 4.69) is 11.8 Å². The molecule has 226 valence electrons. The number of hydrogen-bond acceptors (Lipinski definition) is 9. The second kappa shape index (κ2) is 14.2. The lowest BCUT2D eigenvalue weighted by Gasteiger charge is -2.43. The van der Waals surface area contributed by atoms with Crippen LogP contribution in [0.25, 0.3) is 0 Å². The third-order valence-corrected chi connectivity index (χ3v) is 11.6. The van der Waals surface area contributed by atoms with Gasteiger partial charge in [-0.05, 0) is 55.7 Å². The predicted octanol–water partition coefficient (Wildman–Crippen LogP) is 2.48. The molecule has 2 fully saturated rings. The normalized spacial score (nSPS) is 18.3. The number of nitrogens with zero attached hydrogens (tertiary/aromatic N) is 3. The van der Waals surface area contributed by atoms with Crippen LogP contribution in [0.15, 0.2) is 52.2 Å². The number of furan rings is 1. The molecule has 2 N–H and O–H groups in total. The van der Waals surface area contributed by atoms with Crippen molar-refractivity contribution in [3.05, 3.63) is 42.7 Å². The highest BCUT2D eigenvalue weighted by atomic mass is 35.5. The number of halogens is 2. The highest BCUT2D eigenvalue weighted by Gasteiger charge is 2.56. The van der Waals surface area contributed by atoms with Crippen molar-refractivity contribution in [3.8, 4) is 5.75 Å². The zero-order chi connectivity index (χ0) is 27.4. The highest BCUT2D eigenvalue weighted by molar-refractivity contribution is 7.91. The fraction of sp³-hybridized carbons (Fsp3) is 0.542. The molecule has 0 spiro atoms. The average Bonchev–Trinajstić information content (AvgIpc) is 3.49. The number of unbranched alkanes of at least 4 members (excludes halogenated alkanes) is 1. The fourth-order valence-corrected chi connectivity index (χ4v) is 8.31. The maximum Gasteiger partial charge on any atom is 0.276 e. The molecule has 1 aromatic carbocycles. The van der Waals surface area contributed by atoms with Gasteiger partial charge in [-0.1, -0.05) is 13.3 Å². The Balaban J connectivity index is 0.00000280. The number of ether oxygens (including phenoxy) is 1. The molecule has 0 aliphatic carbocycles. The van der Waals surface area contributed by atoms with Crippen LogP contribution in [0.5, 0.6) is 5.75 Å². The molecule has 0 radical (unpaired) electrons. The molecular weight excluding hydrogens is 607 g/mol. The molecule has 2 aromatic rings. The highest BCUT2D eigenvalue weighted by Crippen LogP contribution is 2.36. The van der Waals surface area contributed by atoms with Gasteiger partial charge in [-0.2, -0.15) is 8.61 Å². The summed E-state index contributed by atoms with van der Waals surface area (Å²) in [5, 5.41) is 9.17. The van der Waals surface area contributed by atoms with E-state index in [9.17, 15) is 26.8 Å². The summed E-state index contributed by atoms with van der Waals surface area (Å²) in [5.74, 6) is -0.283. The average molecular weight is 644 g/mol. The van der Waals surface area contributed by atoms with Crippen LogP contribution in [0.1, 0.15) is 32.6 Å². The van der Waals surface area contributed by atoms with Gasteiger partial charge in [0, 0.05) is 45.0 Å². The van der Waals surface area contributed by atoms with Crippen molar-refractivity contribution in [2.24, 2.45) is 0 Å². The van der Waals surface area contributed by atoms with Gasteiger partial charge in [-0.25, -0.2) is 22.3 Å². The molecule has 2 aliphatic heterocycles. The van der Waals surface area contributed by atoms with Crippen LogP contribution in [0, 0.1) is 0 Å². The number of anilines is 1. The molecule has 2 saturated heterocycles. The van der Waals surface area contributed by atoms with Gasteiger partial charge in [0.1, 0.15) is 5.75 Å². The quantitative estimate of drug-likeness (QED) is 0.226. The third kappa shape index (κ3) is 6.69. The Morgan fingerprint density at radius 2 is 1.60 bits per heavy atom. The Hall–Kier alpha value is -2.07. The minimum Gasteiger partial charge on any atom is -0.494 e. The first-order valence-electron chi connectivity index (χ1n) is 12.6. The van der Waals surface area contributed by atoms with E-state index in [1.807, 2.05) is 24.3 Å². The second-order valence-electron chi connectivity index (χ2n) is 9.36. The van der Waals surface area contributed by atoms with Crippen LogP contribution in [-0.2, 0) is 24.8 Å². The van der Waals surface area contributed by atoms with Crippen molar-refractivity contribution >= 4 is 56.5 Å². The van der Waals surface area contributed by atoms with Crippen molar-refractivity contribution in [3.63, 3.8) is 0 Å². The molecular formula is C24H36Cl2N4O8S2. The van der Waals surface area contributed by atoms with Gasteiger partial charge in [0.25, 0.3) is 15.9 Å². The van der Waals surface area contributed by atoms with Crippen LogP contribution in [0.4, 0.5) is 5.69 Å². The number of hydroxylamine groups is 1. The first kappa shape index (κ1) is 34.1. The van der Waals surface area contributed by atoms with E-state index in [1.54, 1.807) is 0 Å². The first-order valence-corrected chi connectivity index (χ1v) is 15.5. The third-order valence-electron chi connectivity index (χ3n) is 7.18. The Kier molecular flexibility index (Phi) is 12.1. The minimum atomic E-state index is -4.24. The first-order chi connectivity index (χ1) is 18.2. The molecule has 0 saturated carbocycles. The maximum atomic E-state index is 13.8. The molecule has 3 heterocycles. The summed E-state index contributed by atoms with van der Waals surface area (Å²) in [7, 11) is -8.21. The largest absolute Gasteiger partial charge is 0.494 e. The molecule has 2 aliphatic rings. The molecule has 0 atom stereocenters. The molecule has 0 bridgehead atoms. The number of sulfonamides is 2. The molecule has 12 nitrogen and oxygen atoms in total. The van der Waals surface area contributed by atoms with Gasteiger partial charge in [-0.3, -0.25) is 10.0 Å². The summed E-state index contributed by atoms with van der Waals surface area (Å²) in [6.07, 6.45) is 2.66. The summed E-state index contributed by atoms with van der Waals surface area (Å²) in [6.45, 7) is 3.42. The molecule has 16 heteroatoms. The molecule has 40 heavy (non-hydrogen) atoms. The SMILES string of the molecule is CCCCOc1ccc(N2CCN(S(=O)(=O)C3(C(=O)NO)CCN(S(=O)(=O)c4ccco4)CC3)CC2)cc1.Cl.Cl. The van der Waals surface area contributed by atoms with E-state index in [4.69, 9.17) is 9.15 Å². The van der Waals surface area contributed by atoms with E-state index < -0.39 is 30.7 Å². The molecule has 4 rings (SSSR count). The van der Waals surface area contributed by atoms with Crippen LogP contribution >= 0.6 is 24.8 Å². The van der Waals surface area contributed by atoms with Crippen LogP contribution in [0.3, 0.4) is 0 Å². The van der Waals surface area contributed by atoms with Crippen molar-refractivity contribution in [2.75, 3.05) is 50.8 Å². The summed E-state index contributed by atoms with van der Waals surface area (Å²) in [6, 6.07) is 10.4. The molecule has 1 aromatic heterocycles. The number of piperidine rings is 1. The van der Waals surface area contributed by atoms with Crippen molar-refractivity contribution in [1.82, 2.24) is 14.1 Å². The topological polar surface area (TPSA) is 150 Å². The summed E-state index contributed by atoms with van der Waals surface area (Å²) >= 11 is 0. The van der Waals surface area contributed by atoms with Gasteiger partial charge >= 0.3 is 0 Å². The maximum absolute atomic E-state index is 13.8. The lowest BCUT2D eigenvalue weighted by Crippen LogP contribution is -2.63. The number of hydrogen-bond donors (Lipinski definition) is 2. The van der Waals surface area contributed by atoms with E-state index in [1.165, 1.54) is 28.2 Å². The van der Waals surface area contributed by atoms with Crippen LogP contribution in [-0.4, -0.2) is 87.2 Å². The van der Waals surface area contributed by atoms with Crippen molar-refractivity contribution in [1.29, 1.82) is 0 Å². The number of rotatable bonds is 10. The Bertz CT molecular complexity index is 1290. The van der Waals surface area contributed by atoms with E-state index in [0.717, 1.165) is 28.6 Å². The monoisotopic (exact) mass is 642 g/mol. The van der Waals surface area contributed by atoms with Gasteiger partial charge in [0.2, 0.25) is 15.1 Å².